The van der Waals surface area contributed by atoms with Crippen molar-refractivity contribution >= 4 is 17.6 Å². The summed E-state index contributed by atoms with van der Waals surface area (Å²) in [5, 5.41) is 13.8. The molecule has 0 aliphatic rings. The summed E-state index contributed by atoms with van der Waals surface area (Å²) in [4.78, 5) is 11.0. The molecule has 18 heavy (non-hydrogen) atoms. The van der Waals surface area contributed by atoms with Crippen LogP contribution in [0.25, 0.3) is 11.1 Å². The minimum absolute atomic E-state index is 0.492. The monoisotopic (exact) mass is 264 g/mol. The van der Waals surface area contributed by atoms with Gasteiger partial charge in [0.2, 0.25) is 0 Å². The van der Waals surface area contributed by atoms with Gasteiger partial charge in [-0.25, -0.2) is 4.79 Å². The number of halogens is 1. The van der Waals surface area contributed by atoms with Gasteiger partial charge in [-0.15, -0.1) is 0 Å². The van der Waals surface area contributed by atoms with Crippen molar-refractivity contribution in [3.05, 3.63) is 41.7 Å². The minimum Gasteiger partial charge on any atom is -0.480 e. The van der Waals surface area contributed by atoms with Crippen LogP contribution < -0.4 is 0 Å². The van der Waals surface area contributed by atoms with Gasteiger partial charge in [0.15, 0.2) is 0 Å². The van der Waals surface area contributed by atoms with Gasteiger partial charge >= 0.3 is 5.97 Å². The first-order valence-electron chi connectivity index (χ1n) is 5.64. The minimum atomic E-state index is -0.877. The number of nitrogens with zero attached hydrogens (tertiary/aromatic N) is 2. The molecule has 0 radical (unpaired) electrons. The lowest BCUT2D eigenvalue weighted by atomic mass is 10.1. The lowest BCUT2D eigenvalue weighted by Crippen LogP contribution is -2.18. The molecule has 0 aliphatic heterocycles. The van der Waals surface area contributed by atoms with Crippen LogP contribution in [-0.2, 0) is 4.79 Å². The number of carboxylic acids is 1. The van der Waals surface area contributed by atoms with Gasteiger partial charge in [-0.2, -0.15) is 5.10 Å². The van der Waals surface area contributed by atoms with E-state index in [1.165, 1.54) is 4.68 Å². The lowest BCUT2D eigenvalue weighted by molar-refractivity contribution is -0.141. The molecule has 0 fully saturated rings. The topological polar surface area (TPSA) is 55.1 Å². The van der Waals surface area contributed by atoms with E-state index in [-0.39, 0.29) is 0 Å². The van der Waals surface area contributed by atoms with Crippen molar-refractivity contribution in [2.45, 2.75) is 19.4 Å². The fraction of sp³-hybridized carbons (Fsp3) is 0.231. The Labute approximate surface area is 110 Å². The molecule has 0 spiro atoms. The van der Waals surface area contributed by atoms with E-state index in [2.05, 4.69) is 5.10 Å². The van der Waals surface area contributed by atoms with Gasteiger partial charge in [0, 0.05) is 16.8 Å². The maximum atomic E-state index is 11.0. The number of rotatable bonds is 4. The van der Waals surface area contributed by atoms with Crippen LogP contribution in [0.15, 0.2) is 36.7 Å². The van der Waals surface area contributed by atoms with E-state index in [1.807, 2.05) is 25.1 Å². The molecule has 0 saturated heterocycles. The summed E-state index contributed by atoms with van der Waals surface area (Å²) in [6.45, 7) is 1.82. The summed E-state index contributed by atoms with van der Waals surface area (Å²) in [5.74, 6) is -0.877. The van der Waals surface area contributed by atoms with Gasteiger partial charge in [0.05, 0.1) is 6.20 Å². The Balaban J connectivity index is 2.33. The molecule has 4 nitrogen and oxygen atoms in total. The van der Waals surface area contributed by atoms with Gasteiger partial charge in [0.1, 0.15) is 6.04 Å². The van der Waals surface area contributed by atoms with Crippen LogP contribution in [0.1, 0.15) is 19.4 Å². The second-order valence-electron chi connectivity index (χ2n) is 3.98. The van der Waals surface area contributed by atoms with E-state index in [0.29, 0.717) is 11.4 Å². The molecule has 5 heteroatoms. The molecule has 0 bridgehead atoms. The number of aromatic nitrogens is 2. The molecule has 0 aliphatic carbocycles. The number of carboxylic acid groups (broad SMARTS) is 1. The third-order valence-corrected chi connectivity index (χ3v) is 2.99. The number of carbonyl (C=O) groups is 1. The predicted octanol–water partition coefficient (Wildman–Crippen LogP) is 3.24. The highest BCUT2D eigenvalue weighted by Crippen LogP contribution is 2.23. The largest absolute Gasteiger partial charge is 0.480 e. The van der Waals surface area contributed by atoms with Crippen molar-refractivity contribution in [1.29, 1.82) is 0 Å². The standard InChI is InChI=1S/C13H13ClN2O2/c1-2-12(13(17)18)16-8-10(7-15-16)9-4-3-5-11(14)6-9/h3-8,12H,2H2,1H3,(H,17,18)/t12-/m1/s1. The first-order valence-corrected chi connectivity index (χ1v) is 6.02. The summed E-state index contributed by atoms with van der Waals surface area (Å²) in [5.41, 5.74) is 1.78. The fourth-order valence-corrected chi connectivity index (χ4v) is 1.99. The van der Waals surface area contributed by atoms with Crippen LogP contribution in [0.4, 0.5) is 0 Å². The van der Waals surface area contributed by atoms with E-state index in [4.69, 9.17) is 16.7 Å². The fourth-order valence-electron chi connectivity index (χ4n) is 1.80. The Kier molecular flexibility index (Phi) is 3.67. The number of hydrogen-bond acceptors (Lipinski definition) is 2. The summed E-state index contributed by atoms with van der Waals surface area (Å²) in [6, 6.07) is 6.75. The van der Waals surface area contributed by atoms with E-state index in [1.54, 1.807) is 18.5 Å². The number of hydrogen-bond donors (Lipinski definition) is 1. The van der Waals surface area contributed by atoms with Crippen LogP contribution in [0.3, 0.4) is 0 Å². The van der Waals surface area contributed by atoms with Crippen LogP contribution >= 0.6 is 11.6 Å². The summed E-state index contributed by atoms with van der Waals surface area (Å²) >= 11 is 5.92. The average molecular weight is 265 g/mol. The third kappa shape index (κ3) is 2.54. The Morgan fingerprint density at radius 1 is 1.50 bits per heavy atom. The van der Waals surface area contributed by atoms with E-state index in [9.17, 15) is 4.79 Å². The zero-order valence-electron chi connectivity index (χ0n) is 9.88. The number of aliphatic carboxylic acids is 1. The Morgan fingerprint density at radius 3 is 2.89 bits per heavy atom. The molecule has 94 valence electrons. The zero-order chi connectivity index (χ0) is 13.1. The molecule has 1 atom stereocenters. The van der Waals surface area contributed by atoms with Crippen molar-refractivity contribution in [3.8, 4) is 11.1 Å². The molecule has 2 aromatic rings. The molecule has 0 unspecified atom stereocenters. The molecule has 2 rings (SSSR count). The molecule has 1 heterocycles. The first-order chi connectivity index (χ1) is 8.61. The van der Waals surface area contributed by atoms with E-state index < -0.39 is 12.0 Å². The van der Waals surface area contributed by atoms with Gasteiger partial charge in [-0.05, 0) is 24.1 Å². The summed E-state index contributed by atoms with van der Waals surface area (Å²) in [6.07, 6.45) is 3.87. The predicted molar refractivity (Wildman–Crippen MR) is 69.6 cm³/mol. The van der Waals surface area contributed by atoms with Crippen molar-refractivity contribution in [2.24, 2.45) is 0 Å². The number of benzene rings is 1. The highest BCUT2D eigenvalue weighted by Gasteiger charge is 2.18. The summed E-state index contributed by atoms with van der Waals surface area (Å²) < 4.78 is 1.47. The quantitative estimate of drug-likeness (QED) is 0.922. The van der Waals surface area contributed by atoms with Crippen molar-refractivity contribution in [2.75, 3.05) is 0 Å². The van der Waals surface area contributed by atoms with Gasteiger partial charge in [-0.3, -0.25) is 4.68 Å². The SMILES string of the molecule is CC[C@H](C(=O)O)n1cc(-c2cccc(Cl)c2)cn1. The smallest absolute Gasteiger partial charge is 0.328 e. The Morgan fingerprint density at radius 2 is 2.28 bits per heavy atom. The second kappa shape index (κ2) is 5.23. The maximum absolute atomic E-state index is 11.0. The van der Waals surface area contributed by atoms with Crippen LogP contribution in [0.5, 0.6) is 0 Å². The van der Waals surface area contributed by atoms with Crippen LogP contribution in [0.2, 0.25) is 5.02 Å². The highest BCUT2D eigenvalue weighted by molar-refractivity contribution is 6.30. The molecular weight excluding hydrogens is 252 g/mol. The first kappa shape index (κ1) is 12.6. The molecule has 0 amide bonds. The van der Waals surface area contributed by atoms with Crippen LogP contribution in [-0.4, -0.2) is 20.9 Å². The molecule has 1 aromatic carbocycles. The van der Waals surface area contributed by atoms with Crippen molar-refractivity contribution < 1.29 is 9.90 Å². The molecule has 1 N–H and O–H groups in total. The molecule has 0 saturated carbocycles. The Bertz CT molecular complexity index is 566. The van der Waals surface area contributed by atoms with E-state index in [0.717, 1.165) is 11.1 Å². The second-order valence-corrected chi connectivity index (χ2v) is 4.42. The third-order valence-electron chi connectivity index (χ3n) is 2.75. The van der Waals surface area contributed by atoms with Gasteiger partial charge < -0.3 is 5.11 Å². The van der Waals surface area contributed by atoms with E-state index >= 15 is 0 Å². The summed E-state index contributed by atoms with van der Waals surface area (Å²) in [7, 11) is 0. The van der Waals surface area contributed by atoms with Gasteiger partial charge in [0.25, 0.3) is 0 Å². The highest BCUT2D eigenvalue weighted by atomic mass is 35.5. The van der Waals surface area contributed by atoms with Crippen molar-refractivity contribution in [3.63, 3.8) is 0 Å². The average Bonchev–Trinajstić information content (AvgIpc) is 2.79. The molecular formula is C13H13ClN2O2. The van der Waals surface area contributed by atoms with Crippen molar-refractivity contribution in [1.82, 2.24) is 9.78 Å². The lowest BCUT2D eigenvalue weighted by Gasteiger charge is -2.09. The molecule has 1 aromatic heterocycles. The zero-order valence-corrected chi connectivity index (χ0v) is 10.6. The Hall–Kier alpha value is -1.81. The van der Waals surface area contributed by atoms with Gasteiger partial charge in [-0.1, -0.05) is 30.7 Å². The van der Waals surface area contributed by atoms with Crippen LogP contribution in [0, 0.1) is 0 Å². The normalized spacial score (nSPS) is 12.3. The maximum Gasteiger partial charge on any atom is 0.328 e.